The van der Waals surface area contributed by atoms with E-state index in [2.05, 4.69) is 37.8 Å². The van der Waals surface area contributed by atoms with Crippen LogP contribution in [0.25, 0.3) is 0 Å². The average Bonchev–Trinajstić information content (AvgIpc) is 2.44. The van der Waals surface area contributed by atoms with Crippen LogP contribution in [0.4, 0.5) is 0 Å². The number of aryl methyl sites for hydroxylation is 2. The minimum atomic E-state index is -0.437. The third kappa shape index (κ3) is 4.45. The predicted molar refractivity (Wildman–Crippen MR) is 86.9 cm³/mol. The third-order valence-electron chi connectivity index (χ3n) is 4.57. The Kier molecular flexibility index (Phi) is 5.65. The Labute approximate surface area is 128 Å². The molecule has 1 N–H and O–H groups in total. The minimum absolute atomic E-state index is 0.361. The first kappa shape index (κ1) is 16.3. The molecule has 3 nitrogen and oxygen atoms in total. The SMILES string of the molecule is Cc1ccc(C)c(OC[C@H](O)CN2[C@H](C)CCC[C@H]2C)c1. The van der Waals surface area contributed by atoms with Crippen LogP contribution >= 0.6 is 0 Å². The first-order valence-corrected chi connectivity index (χ1v) is 8.11. The molecule has 0 aliphatic carbocycles. The molecule has 21 heavy (non-hydrogen) atoms. The first-order valence-electron chi connectivity index (χ1n) is 8.11. The number of aliphatic hydroxyl groups excluding tert-OH is 1. The summed E-state index contributed by atoms with van der Waals surface area (Å²) >= 11 is 0. The van der Waals surface area contributed by atoms with E-state index in [1.54, 1.807) is 0 Å². The smallest absolute Gasteiger partial charge is 0.122 e. The monoisotopic (exact) mass is 291 g/mol. The molecule has 2 rings (SSSR count). The maximum atomic E-state index is 10.3. The molecule has 0 amide bonds. The van der Waals surface area contributed by atoms with Crippen LogP contribution in [-0.4, -0.2) is 41.3 Å². The van der Waals surface area contributed by atoms with Crippen LogP contribution in [-0.2, 0) is 0 Å². The Balaban J connectivity index is 1.86. The molecule has 0 aromatic heterocycles. The van der Waals surface area contributed by atoms with Gasteiger partial charge in [0.25, 0.3) is 0 Å². The predicted octanol–water partition coefficient (Wildman–Crippen LogP) is 3.31. The van der Waals surface area contributed by atoms with Crippen molar-refractivity contribution in [1.29, 1.82) is 0 Å². The number of hydrogen-bond donors (Lipinski definition) is 1. The van der Waals surface area contributed by atoms with Gasteiger partial charge in [0.05, 0.1) is 0 Å². The number of likely N-dealkylation sites (tertiary alicyclic amines) is 1. The second-order valence-corrected chi connectivity index (χ2v) is 6.56. The van der Waals surface area contributed by atoms with Gasteiger partial charge in [-0.2, -0.15) is 0 Å². The van der Waals surface area contributed by atoms with Crippen LogP contribution in [0.3, 0.4) is 0 Å². The van der Waals surface area contributed by atoms with E-state index in [1.165, 1.54) is 24.8 Å². The largest absolute Gasteiger partial charge is 0.491 e. The highest BCUT2D eigenvalue weighted by Gasteiger charge is 2.26. The van der Waals surface area contributed by atoms with Gasteiger partial charge in [-0.15, -0.1) is 0 Å². The summed E-state index contributed by atoms with van der Waals surface area (Å²) in [4.78, 5) is 2.42. The summed E-state index contributed by atoms with van der Waals surface area (Å²) in [6.07, 6.45) is 3.32. The van der Waals surface area contributed by atoms with Crippen molar-refractivity contribution in [3.8, 4) is 5.75 Å². The number of β-amino-alcohol motifs (C(OH)–C–C–N with tert-alkyl or cyclic N) is 1. The van der Waals surface area contributed by atoms with Gasteiger partial charge in [-0.25, -0.2) is 0 Å². The summed E-state index contributed by atoms with van der Waals surface area (Å²) in [5.41, 5.74) is 2.30. The number of benzene rings is 1. The van der Waals surface area contributed by atoms with E-state index in [4.69, 9.17) is 4.74 Å². The van der Waals surface area contributed by atoms with Crippen molar-refractivity contribution < 1.29 is 9.84 Å². The van der Waals surface area contributed by atoms with Gasteiger partial charge in [0.1, 0.15) is 18.5 Å². The molecule has 0 bridgehead atoms. The topological polar surface area (TPSA) is 32.7 Å². The Hall–Kier alpha value is -1.06. The van der Waals surface area contributed by atoms with E-state index in [9.17, 15) is 5.11 Å². The van der Waals surface area contributed by atoms with Crippen LogP contribution in [0, 0.1) is 13.8 Å². The van der Waals surface area contributed by atoms with Gasteiger partial charge in [0.2, 0.25) is 0 Å². The van der Waals surface area contributed by atoms with Gasteiger partial charge in [0.15, 0.2) is 0 Å². The van der Waals surface area contributed by atoms with Gasteiger partial charge in [-0.3, -0.25) is 4.90 Å². The van der Waals surface area contributed by atoms with Crippen LogP contribution in [0.5, 0.6) is 5.75 Å². The molecule has 1 fully saturated rings. The number of ether oxygens (including phenoxy) is 1. The summed E-state index contributed by atoms with van der Waals surface area (Å²) in [5, 5.41) is 10.3. The number of hydrogen-bond acceptors (Lipinski definition) is 3. The van der Waals surface area contributed by atoms with Crippen molar-refractivity contribution in [3.05, 3.63) is 29.3 Å². The van der Waals surface area contributed by atoms with Gasteiger partial charge in [-0.1, -0.05) is 18.6 Å². The van der Waals surface area contributed by atoms with E-state index < -0.39 is 6.10 Å². The van der Waals surface area contributed by atoms with Gasteiger partial charge in [-0.05, 0) is 57.7 Å². The van der Waals surface area contributed by atoms with Gasteiger partial charge in [0, 0.05) is 18.6 Å². The first-order chi connectivity index (χ1) is 9.97. The lowest BCUT2D eigenvalue weighted by atomic mass is 9.97. The Morgan fingerprint density at radius 3 is 2.57 bits per heavy atom. The molecule has 3 heteroatoms. The number of nitrogens with zero attached hydrogens (tertiary/aromatic N) is 1. The molecular weight excluding hydrogens is 262 g/mol. The summed E-state index contributed by atoms with van der Waals surface area (Å²) < 4.78 is 5.81. The molecular formula is C18H29NO2. The van der Waals surface area contributed by atoms with Crippen molar-refractivity contribution in [2.75, 3.05) is 13.2 Å². The van der Waals surface area contributed by atoms with Crippen molar-refractivity contribution in [1.82, 2.24) is 4.90 Å². The molecule has 118 valence electrons. The normalized spacial score (nSPS) is 24.8. The standard InChI is InChI=1S/C18H29NO2/c1-13-8-9-14(2)18(10-13)21-12-17(20)11-19-15(3)6-5-7-16(19)4/h8-10,15-17,20H,5-7,11-12H2,1-4H3/t15-,16-,17-/m1/s1. The highest BCUT2D eigenvalue weighted by molar-refractivity contribution is 5.35. The van der Waals surface area contributed by atoms with E-state index in [-0.39, 0.29) is 0 Å². The Morgan fingerprint density at radius 2 is 1.90 bits per heavy atom. The zero-order valence-corrected chi connectivity index (χ0v) is 13.8. The number of rotatable bonds is 5. The molecule has 1 saturated heterocycles. The van der Waals surface area contributed by atoms with Crippen molar-refractivity contribution in [2.24, 2.45) is 0 Å². The molecule has 0 unspecified atom stereocenters. The number of piperidine rings is 1. The molecule has 3 atom stereocenters. The summed E-state index contributed by atoms with van der Waals surface area (Å²) in [6, 6.07) is 7.30. The Morgan fingerprint density at radius 1 is 1.24 bits per heavy atom. The lowest BCUT2D eigenvalue weighted by molar-refractivity contribution is 0.0207. The fourth-order valence-corrected chi connectivity index (χ4v) is 3.18. The fourth-order valence-electron chi connectivity index (χ4n) is 3.18. The van der Waals surface area contributed by atoms with Crippen LogP contribution in [0.2, 0.25) is 0 Å². The molecule has 1 aliphatic heterocycles. The lowest BCUT2D eigenvalue weighted by Crippen LogP contribution is -2.48. The van der Waals surface area contributed by atoms with Crippen LogP contribution < -0.4 is 4.74 Å². The highest BCUT2D eigenvalue weighted by Crippen LogP contribution is 2.23. The van der Waals surface area contributed by atoms with E-state index >= 15 is 0 Å². The van der Waals surface area contributed by atoms with Crippen molar-refractivity contribution in [2.45, 2.75) is 65.1 Å². The molecule has 1 aromatic rings. The third-order valence-corrected chi connectivity index (χ3v) is 4.57. The maximum Gasteiger partial charge on any atom is 0.122 e. The molecule has 0 spiro atoms. The average molecular weight is 291 g/mol. The minimum Gasteiger partial charge on any atom is -0.491 e. The second kappa shape index (κ2) is 7.28. The molecule has 1 aromatic carbocycles. The van der Waals surface area contributed by atoms with Crippen molar-refractivity contribution in [3.63, 3.8) is 0 Å². The van der Waals surface area contributed by atoms with Gasteiger partial charge < -0.3 is 9.84 Å². The maximum absolute atomic E-state index is 10.3. The molecule has 1 heterocycles. The quantitative estimate of drug-likeness (QED) is 0.903. The lowest BCUT2D eigenvalue weighted by Gasteiger charge is -2.40. The summed E-state index contributed by atoms with van der Waals surface area (Å²) in [6.45, 7) is 9.67. The van der Waals surface area contributed by atoms with E-state index in [1.807, 2.05) is 13.0 Å². The van der Waals surface area contributed by atoms with E-state index in [0.29, 0.717) is 25.2 Å². The molecule has 0 saturated carbocycles. The zero-order valence-electron chi connectivity index (χ0n) is 13.8. The highest BCUT2D eigenvalue weighted by atomic mass is 16.5. The Bertz CT molecular complexity index is 451. The van der Waals surface area contributed by atoms with Crippen LogP contribution in [0.15, 0.2) is 18.2 Å². The summed E-state index contributed by atoms with van der Waals surface area (Å²) in [7, 11) is 0. The fraction of sp³-hybridized carbons (Fsp3) is 0.667. The second-order valence-electron chi connectivity index (χ2n) is 6.56. The van der Waals surface area contributed by atoms with E-state index in [0.717, 1.165) is 11.3 Å². The molecule has 1 aliphatic rings. The number of aliphatic hydroxyl groups is 1. The van der Waals surface area contributed by atoms with Crippen molar-refractivity contribution >= 4 is 0 Å². The summed E-state index contributed by atoms with van der Waals surface area (Å²) in [5.74, 6) is 0.883. The van der Waals surface area contributed by atoms with Crippen LogP contribution in [0.1, 0.15) is 44.2 Å². The zero-order chi connectivity index (χ0) is 15.4. The molecule has 0 radical (unpaired) electrons. The van der Waals surface area contributed by atoms with Gasteiger partial charge >= 0.3 is 0 Å².